The van der Waals surface area contributed by atoms with Crippen LogP contribution in [0, 0.1) is 0 Å². The third-order valence-electron chi connectivity index (χ3n) is 6.51. The topological polar surface area (TPSA) is 125 Å². The number of ether oxygens (including phenoxy) is 1. The molecular formula is C26H32N2O6. The molecule has 2 aromatic rings. The SMILES string of the molecule is CCC(O)(CC)CNC(=O)C(CCC(=O)O)NC(=O)OCC1c2ccccc2-c2ccccc21. The second kappa shape index (κ2) is 11.2. The van der Waals surface area contributed by atoms with Crippen LogP contribution in [0.2, 0.25) is 0 Å². The van der Waals surface area contributed by atoms with Gasteiger partial charge in [-0.25, -0.2) is 4.79 Å². The molecule has 1 aliphatic carbocycles. The molecule has 2 aromatic carbocycles. The van der Waals surface area contributed by atoms with Gasteiger partial charge in [-0.1, -0.05) is 62.4 Å². The molecule has 0 heterocycles. The maximum absolute atomic E-state index is 12.7. The van der Waals surface area contributed by atoms with Crippen molar-refractivity contribution in [1.29, 1.82) is 0 Å². The van der Waals surface area contributed by atoms with Gasteiger partial charge in [0.05, 0.1) is 5.60 Å². The van der Waals surface area contributed by atoms with Gasteiger partial charge in [-0.05, 0) is 41.5 Å². The average molecular weight is 469 g/mol. The zero-order chi connectivity index (χ0) is 24.7. The van der Waals surface area contributed by atoms with E-state index in [4.69, 9.17) is 9.84 Å². The average Bonchev–Trinajstić information content (AvgIpc) is 3.17. The fourth-order valence-corrected chi connectivity index (χ4v) is 4.19. The van der Waals surface area contributed by atoms with Crippen LogP contribution in [-0.2, 0) is 14.3 Å². The van der Waals surface area contributed by atoms with E-state index in [1.54, 1.807) is 0 Å². The van der Waals surface area contributed by atoms with E-state index in [1.807, 2.05) is 62.4 Å². The predicted molar refractivity (Wildman–Crippen MR) is 127 cm³/mol. The predicted octanol–water partition coefficient (Wildman–Crippen LogP) is 3.43. The third-order valence-corrected chi connectivity index (χ3v) is 6.51. The van der Waals surface area contributed by atoms with E-state index < -0.39 is 29.6 Å². The molecule has 34 heavy (non-hydrogen) atoms. The lowest BCUT2D eigenvalue weighted by Crippen LogP contribution is -2.51. The number of carboxylic acids is 1. The van der Waals surface area contributed by atoms with Crippen LogP contribution in [0.5, 0.6) is 0 Å². The molecule has 1 aliphatic rings. The lowest BCUT2D eigenvalue weighted by atomic mass is 9.97. The van der Waals surface area contributed by atoms with Crippen LogP contribution in [0.3, 0.4) is 0 Å². The molecule has 182 valence electrons. The monoisotopic (exact) mass is 468 g/mol. The largest absolute Gasteiger partial charge is 0.481 e. The molecule has 0 radical (unpaired) electrons. The molecule has 4 N–H and O–H groups in total. The van der Waals surface area contributed by atoms with Crippen molar-refractivity contribution in [2.24, 2.45) is 0 Å². The first-order chi connectivity index (χ1) is 16.3. The number of fused-ring (bicyclic) bond motifs is 3. The first-order valence-electron chi connectivity index (χ1n) is 11.6. The summed E-state index contributed by atoms with van der Waals surface area (Å²) in [7, 11) is 0. The van der Waals surface area contributed by atoms with Crippen LogP contribution >= 0.6 is 0 Å². The molecule has 0 aliphatic heterocycles. The highest BCUT2D eigenvalue weighted by molar-refractivity contribution is 5.86. The highest BCUT2D eigenvalue weighted by Gasteiger charge is 2.30. The Morgan fingerprint density at radius 3 is 2.09 bits per heavy atom. The summed E-state index contributed by atoms with van der Waals surface area (Å²) in [6, 6.07) is 14.8. The second-order valence-electron chi connectivity index (χ2n) is 8.60. The Morgan fingerprint density at radius 1 is 1.00 bits per heavy atom. The Labute approximate surface area is 199 Å². The smallest absolute Gasteiger partial charge is 0.407 e. The lowest BCUT2D eigenvalue weighted by Gasteiger charge is -2.27. The Hall–Kier alpha value is -3.39. The van der Waals surface area contributed by atoms with Gasteiger partial charge in [0.25, 0.3) is 0 Å². The summed E-state index contributed by atoms with van der Waals surface area (Å²) >= 11 is 0. The minimum absolute atomic E-state index is 0.00870. The van der Waals surface area contributed by atoms with E-state index in [2.05, 4.69) is 10.6 Å². The van der Waals surface area contributed by atoms with Crippen LogP contribution in [0.15, 0.2) is 48.5 Å². The minimum Gasteiger partial charge on any atom is -0.481 e. The van der Waals surface area contributed by atoms with Crippen molar-refractivity contribution >= 4 is 18.0 Å². The summed E-state index contributed by atoms with van der Waals surface area (Å²) in [5.41, 5.74) is 3.28. The molecule has 3 rings (SSSR count). The summed E-state index contributed by atoms with van der Waals surface area (Å²) in [5.74, 6) is -1.77. The normalized spacial score (nSPS) is 13.5. The lowest BCUT2D eigenvalue weighted by molar-refractivity contribution is -0.137. The van der Waals surface area contributed by atoms with E-state index in [0.29, 0.717) is 12.8 Å². The van der Waals surface area contributed by atoms with Crippen LogP contribution < -0.4 is 10.6 Å². The van der Waals surface area contributed by atoms with E-state index in [0.717, 1.165) is 22.3 Å². The van der Waals surface area contributed by atoms with Crippen molar-refractivity contribution in [3.8, 4) is 11.1 Å². The maximum atomic E-state index is 12.7. The number of benzene rings is 2. The molecule has 0 fully saturated rings. The number of hydrogen-bond acceptors (Lipinski definition) is 5. The van der Waals surface area contributed by atoms with Crippen LogP contribution in [0.1, 0.15) is 56.6 Å². The van der Waals surface area contributed by atoms with Crippen molar-refractivity contribution in [2.75, 3.05) is 13.2 Å². The molecule has 1 atom stereocenters. The number of carbonyl (C=O) groups excluding carboxylic acids is 2. The van der Waals surface area contributed by atoms with E-state index in [-0.39, 0.29) is 31.9 Å². The minimum atomic E-state index is -1.09. The van der Waals surface area contributed by atoms with Crippen LogP contribution in [0.25, 0.3) is 11.1 Å². The van der Waals surface area contributed by atoms with Gasteiger partial charge in [-0.2, -0.15) is 0 Å². The van der Waals surface area contributed by atoms with Gasteiger partial charge in [-0.3, -0.25) is 9.59 Å². The van der Waals surface area contributed by atoms with E-state index in [1.165, 1.54) is 0 Å². The Bertz CT molecular complexity index is 988. The number of nitrogens with one attached hydrogen (secondary N) is 2. The number of hydrogen-bond donors (Lipinski definition) is 4. The molecule has 8 nitrogen and oxygen atoms in total. The van der Waals surface area contributed by atoms with Crippen molar-refractivity contribution in [3.05, 3.63) is 59.7 Å². The fourth-order valence-electron chi connectivity index (χ4n) is 4.19. The molecular weight excluding hydrogens is 436 g/mol. The van der Waals surface area contributed by atoms with Gasteiger partial charge < -0.3 is 25.6 Å². The molecule has 2 amide bonds. The fraction of sp³-hybridized carbons (Fsp3) is 0.423. The van der Waals surface area contributed by atoms with Gasteiger partial charge in [0, 0.05) is 18.9 Å². The van der Waals surface area contributed by atoms with Crippen LogP contribution in [0.4, 0.5) is 4.79 Å². The quantitative estimate of drug-likeness (QED) is 0.400. The van der Waals surface area contributed by atoms with E-state index in [9.17, 15) is 19.5 Å². The molecule has 0 saturated heterocycles. The summed E-state index contributed by atoms with van der Waals surface area (Å²) in [6.07, 6.45) is -0.295. The second-order valence-corrected chi connectivity index (χ2v) is 8.60. The first kappa shape index (κ1) is 25.2. The molecule has 8 heteroatoms. The van der Waals surface area contributed by atoms with Crippen molar-refractivity contribution < 1.29 is 29.3 Å². The summed E-state index contributed by atoms with van der Waals surface area (Å²) in [4.78, 5) is 36.3. The van der Waals surface area contributed by atoms with Gasteiger partial charge in [-0.15, -0.1) is 0 Å². The number of carboxylic acid groups (broad SMARTS) is 1. The number of carbonyl (C=O) groups is 3. The first-order valence-corrected chi connectivity index (χ1v) is 11.6. The Kier molecular flexibility index (Phi) is 8.28. The molecule has 0 saturated carbocycles. The molecule has 0 spiro atoms. The summed E-state index contributed by atoms with van der Waals surface area (Å²) in [5, 5.41) is 24.6. The highest BCUT2D eigenvalue weighted by atomic mass is 16.5. The number of aliphatic hydroxyl groups is 1. The Balaban J connectivity index is 1.64. The van der Waals surface area contributed by atoms with E-state index >= 15 is 0 Å². The standard InChI is InChI=1S/C26H32N2O6/c1-3-26(33,4-2)16-27-24(31)22(13-14-23(29)30)28-25(32)34-15-21-19-11-7-5-9-17(19)18-10-6-8-12-20(18)21/h5-12,21-22,33H,3-4,13-16H2,1-2H3,(H,27,31)(H,28,32)(H,29,30). The zero-order valence-corrected chi connectivity index (χ0v) is 19.5. The van der Waals surface area contributed by atoms with Gasteiger partial charge in [0.2, 0.25) is 5.91 Å². The summed E-state index contributed by atoms with van der Waals surface area (Å²) in [6.45, 7) is 3.71. The third kappa shape index (κ3) is 5.94. The van der Waals surface area contributed by atoms with Gasteiger partial charge >= 0.3 is 12.1 Å². The number of alkyl carbamates (subject to hydrolysis) is 1. The summed E-state index contributed by atoms with van der Waals surface area (Å²) < 4.78 is 5.49. The van der Waals surface area contributed by atoms with Crippen molar-refractivity contribution in [3.63, 3.8) is 0 Å². The molecule has 1 unspecified atom stereocenters. The van der Waals surface area contributed by atoms with Crippen LogP contribution in [-0.4, -0.2) is 53.0 Å². The van der Waals surface area contributed by atoms with Gasteiger partial charge in [0.15, 0.2) is 0 Å². The van der Waals surface area contributed by atoms with Crippen molar-refractivity contribution in [1.82, 2.24) is 10.6 Å². The highest BCUT2D eigenvalue weighted by Crippen LogP contribution is 2.44. The zero-order valence-electron chi connectivity index (χ0n) is 19.5. The van der Waals surface area contributed by atoms with Crippen molar-refractivity contribution in [2.45, 2.75) is 57.1 Å². The number of amides is 2. The molecule has 0 aromatic heterocycles. The number of aliphatic carboxylic acids is 1. The number of rotatable bonds is 11. The Morgan fingerprint density at radius 2 is 1.56 bits per heavy atom. The maximum Gasteiger partial charge on any atom is 0.407 e. The molecule has 0 bridgehead atoms. The van der Waals surface area contributed by atoms with Gasteiger partial charge in [0.1, 0.15) is 12.6 Å².